The lowest BCUT2D eigenvalue weighted by molar-refractivity contribution is -0.0421. The molecule has 3 nitrogen and oxygen atoms in total. The molecular weight excluding hydrogens is 262 g/mol. The van der Waals surface area contributed by atoms with Gasteiger partial charge in [-0.1, -0.05) is 34.6 Å². The summed E-state index contributed by atoms with van der Waals surface area (Å²) in [5.74, 6) is 0.699. The molecule has 0 aromatic heterocycles. The fraction of sp³-hybridized carbons (Fsp3) is 1.00. The van der Waals surface area contributed by atoms with Crippen LogP contribution in [0.2, 0.25) is 0 Å². The third kappa shape index (κ3) is 5.22. The summed E-state index contributed by atoms with van der Waals surface area (Å²) < 4.78 is 5.31. The van der Waals surface area contributed by atoms with Gasteiger partial charge in [-0.3, -0.25) is 4.90 Å². The lowest BCUT2D eigenvalue weighted by Gasteiger charge is -2.47. The summed E-state index contributed by atoms with van der Waals surface area (Å²) in [6.07, 6.45) is 5.32. The molecule has 0 bridgehead atoms. The van der Waals surface area contributed by atoms with Gasteiger partial charge in [0.15, 0.2) is 0 Å². The Balaban J connectivity index is 2.86. The molecule has 0 aromatic rings. The van der Waals surface area contributed by atoms with Gasteiger partial charge in [0.25, 0.3) is 0 Å². The first-order valence-electron chi connectivity index (χ1n) is 8.77. The van der Waals surface area contributed by atoms with E-state index in [2.05, 4.69) is 39.5 Å². The second-order valence-corrected chi connectivity index (χ2v) is 7.71. The van der Waals surface area contributed by atoms with Gasteiger partial charge in [0.2, 0.25) is 0 Å². The Bertz CT molecular complexity index is 283. The van der Waals surface area contributed by atoms with E-state index in [1.54, 1.807) is 7.11 Å². The number of aliphatic hydroxyl groups is 1. The van der Waals surface area contributed by atoms with E-state index in [1.807, 2.05) is 0 Å². The quantitative estimate of drug-likeness (QED) is 0.778. The minimum absolute atomic E-state index is 0.180. The Labute approximate surface area is 132 Å². The van der Waals surface area contributed by atoms with Gasteiger partial charge in [0, 0.05) is 25.7 Å². The van der Waals surface area contributed by atoms with Crippen LogP contribution in [0.3, 0.4) is 0 Å². The lowest BCUT2D eigenvalue weighted by atomic mass is 9.69. The van der Waals surface area contributed by atoms with Crippen LogP contribution < -0.4 is 0 Å². The fourth-order valence-electron chi connectivity index (χ4n) is 3.85. The van der Waals surface area contributed by atoms with Crippen molar-refractivity contribution in [3.05, 3.63) is 0 Å². The maximum atomic E-state index is 10.6. The summed E-state index contributed by atoms with van der Waals surface area (Å²) in [6, 6.07) is 0.849. The van der Waals surface area contributed by atoms with E-state index in [0.29, 0.717) is 23.4 Å². The summed E-state index contributed by atoms with van der Waals surface area (Å²) in [5, 5.41) is 10.6. The van der Waals surface area contributed by atoms with Crippen LogP contribution in [0.4, 0.5) is 0 Å². The van der Waals surface area contributed by atoms with Crippen LogP contribution in [0.1, 0.15) is 66.7 Å². The minimum atomic E-state index is -0.180. The Morgan fingerprint density at radius 1 is 1.19 bits per heavy atom. The Hall–Kier alpha value is -0.120. The van der Waals surface area contributed by atoms with Crippen molar-refractivity contribution in [3.8, 4) is 0 Å². The average molecular weight is 299 g/mol. The largest absolute Gasteiger partial charge is 0.391 e. The molecular formula is C18H37NO2. The topological polar surface area (TPSA) is 32.7 Å². The molecule has 21 heavy (non-hydrogen) atoms. The van der Waals surface area contributed by atoms with Gasteiger partial charge in [-0.2, -0.15) is 0 Å². The Morgan fingerprint density at radius 2 is 1.81 bits per heavy atom. The Morgan fingerprint density at radius 3 is 2.29 bits per heavy atom. The summed E-state index contributed by atoms with van der Waals surface area (Å²) in [7, 11) is 1.76. The molecule has 0 radical (unpaired) electrons. The predicted molar refractivity (Wildman–Crippen MR) is 89.5 cm³/mol. The van der Waals surface area contributed by atoms with E-state index in [9.17, 15) is 5.11 Å². The van der Waals surface area contributed by atoms with E-state index in [-0.39, 0.29) is 6.10 Å². The number of hydrogen-bond donors (Lipinski definition) is 1. The molecule has 0 heterocycles. The molecule has 0 aromatic carbocycles. The molecule has 0 aliphatic heterocycles. The predicted octanol–water partition coefficient (Wildman–Crippen LogP) is 3.70. The van der Waals surface area contributed by atoms with Crippen molar-refractivity contribution in [1.82, 2.24) is 4.90 Å². The van der Waals surface area contributed by atoms with Crippen molar-refractivity contribution in [1.29, 1.82) is 0 Å². The number of nitrogens with zero attached hydrogens (tertiary/aromatic N) is 1. The van der Waals surface area contributed by atoms with Gasteiger partial charge >= 0.3 is 0 Å². The molecule has 1 aliphatic rings. The van der Waals surface area contributed by atoms with Crippen LogP contribution in [-0.2, 0) is 4.74 Å². The summed E-state index contributed by atoms with van der Waals surface area (Å²) in [4.78, 5) is 2.53. The molecule has 0 saturated heterocycles. The highest BCUT2D eigenvalue weighted by atomic mass is 16.5. The molecule has 1 rings (SSSR count). The normalized spacial score (nSPS) is 27.6. The number of rotatable bonds is 7. The van der Waals surface area contributed by atoms with Crippen molar-refractivity contribution in [2.24, 2.45) is 11.3 Å². The molecule has 1 fully saturated rings. The van der Waals surface area contributed by atoms with Gasteiger partial charge in [-0.05, 0) is 43.4 Å². The van der Waals surface area contributed by atoms with E-state index in [1.165, 1.54) is 0 Å². The first-order chi connectivity index (χ1) is 9.85. The summed E-state index contributed by atoms with van der Waals surface area (Å²) in [6.45, 7) is 13.2. The van der Waals surface area contributed by atoms with E-state index < -0.39 is 0 Å². The monoisotopic (exact) mass is 299 g/mol. The van der Waals surface area contributed by atoms with Crippen LogP contribution in [0.5, 0.6) is 0 Å². The third-order valence-electron chi connectivity index (χ3n) is 5.40. The number of methoxy groups -OCH3 is 1. The van der Waals surface area contributed by atoms with E-state index >= 15 is 0 Å². The molecule has 3 atom stereocenters. The van der Waals surface area contributed by atoms with Crippen molar-refractivity contribution >= 4 is 0 Å². The SMILES string of the molecule is CCC(CC)N(CCOC)C1CC(C(C)(C)C)CCC1O. The van der Waals surface area contributed by atoms with Gasteiger partial charge in [-0.25, -0.2) is 0 Å². The zero-order chi connectivity index (χ0) is 16.0. The minimum Gasteiger partial charge on any atom is -0.391 e. The van der Waals surface area contributed by atoms with E-state index in [0.717, 1.165) is 45.3 Å². The number of ether oxygens (including phenoxy) is 1. The molecule has 1 saturated carbocycles. The number of hydrogen-bond acceptors (Lipinski definition) is 3. The molecule has 3 heteroatoms. The highest BCUT2D eigenvalue weighted by molar-refractivity contribution is 4.92. The van der Waals surface area contributed by atoms with Crippen LogP contribution in [0, 0.1) is 11.3 Å². The zero-order valence-corrected chi connectivity index (χ0v) is 15.1. The van der Waals surface area contributed by atoms with Crippen LogP contribution in [0.15, 0.2) is 0 Å². The van der Waals surface area contributed by atoms with Gasteiger partial charge in [0.05, 0.1) is 12.7 Å². The summed E-state index contributed by atoms with van der Waals surface area (Å²) >= 11 is 0. The number of aliphatic hydroxyl groups excluding tert-OH is 1. The maximum absolute atomic E-state index is 10.6. The standard InChI is InChI=1S/C18H37NO2/c1-7-15(8-2)19(11-12-21-6)16-13-14(18(3,4)5)9-10-17(16)20/h14-17,20H,7-13H2,1-6H3. The zero-order valence-electron chi connectivity index (χ0n) is 15.1. The highest BCUT2D eigenvalue weighted by Gasteiger charge is 2.39. The van der Waals surface area contributed by atoms with Gasteiger partial charge in [-0.15, -0.1) is 0 Å². The lowest BCUT2D eigenvalue weighted by Crippen LogP contribution is -2.53. The first kappa shape index (κ1) is 18.9. The molecule has 126 valence electrons. The second kappa shape index (κ2) is 8.50. The second-order valence-electron chi connectivity index (χ2n) is 7.71. The van der Waals surface area contributed by atoms with Crippen molar-refractivity contribution in [2.45, 2.75) is 84.9 Å². The molecule has 1 N–H and O–H groups in total. The van der Waals surface area contributed by atoms with Crippen molar-refractivity contribution in [3.63, 3.8) is 0 Å². The average Bonchev–Trinajstić information content (AvgIpc) is 2.43. The molecule has 3 unspecified atom stereocenters. The van der Waals surface area contributed by atoms with Gasteiger partial charge < -0.3 is 9.84 Å². The smallest absolute Gasteiger partial charge is 0.0695 e. The van der Waals surface area contributed by atoms with Gasteiger partial charge in [0.1, 0.15) is 0 Å². The molecule has 0 spiro atoms. The summed E-state index contributed by atoms with van der Waals surface area (Å²) in [5.41, 5.74) is 0.333. The van der Waals surface area contributed by atoms with Crippen molar-refractivity contribution < 1.29 is 9.84 Å². The molecule has 1 aliphatic carbocycles. The van der Waals surface area contributed by atoms with E-state index in [4.69, 9.17) is 4.74 Å². The van der Waals surface area contributed by atoms with Crippen LogP contribution in [-0.4, -0.2) is 48.5 Å². The highest BCUT2D eigenvalue weighted by Crippen LogP contribution is 2.40. The maximum Gasteiger partial charge on any atom is 0.0695 e. The molecule has 0 amide bonds. The fourth-order valence-corrected chi connectivity index (χ4v) is 3.85. The third-order valence-corrected chi connectivity index (χ3v) is 5.40. The van der Waals surface area contributed by atoms with Crippen LogP contribution in [0.25, 0.3) is 0 Å². The Kier molecular flexibility index (Phi) is 7.66. The first-order valence-corrected chi connectivity index (χ1v) is 8.77. The van der Waals surface area contributed by atoms with Crippen molar-refractivity contribution in [2.75, 3.05) is 20.3 Å². The van der Waals surface area contributed by atoms with Crippen LogP contribution >= 0.6 is 0 Å².